The first-order valence-corrected chi connectivity index (χ1v) is 8.89. The number of benzene rings is 1. The lowest BCUT2D eigenvalue weighted by atomic mass is 10.2. The molecule has 7 nitrogen and oxygen atoms in total. The van der Waals surface area contributed by atoms with Gasteiger partial charge in [0.15, 0.2) is 5.84 Å². The van der Waals surface area contributed by atoms with Crippen molar-refractivity contribution in [2.24, 2.45) is 0 Å². The number of piperazine rings is 1. The Hall–Kier alpha value is -3.07. The molecule has 0 atom stereocenters. The van der Waals surface area contributed by atoms with Gasteiger partial charge in [-0.1, -0.05) is 23.7 Å². The number of hydrogen-bond acceptors (Lipinski definition) is 5. The lowest BCUT2D eigenvalue weighted by molar-refractivity contribution is 0.209. The molecular weight excluding hydrogens is 388 g/mol. The SMILES string of the molecule is N=C1CN(c2cc(-c3nc4ccccc4[nH]3)c(Cl)cn2)CCN1C(=N)C(F)F. The standard InChI is InChI=1S/C18H16ClF2N7/c19-11-8-24-15(27-5-6-28(14(22)9-27)17(23)16(20)21)7-10(11)18-25-12-3-1-2-4-13(12)26-18/h1-4,7-8,16,22-23H,5-6,9H2,(H,25,26). The summed E-state index contributed by atoms with van der Waals surface area (Å²) in [5.41, 5.74) is 2.36. The highest BCUT2D eigenvalue weighted by Gasteiger charge is 2.29. The van der Waals surface area contributed by atoms with E-state index in [1.807, 2.05) is 24.3 Å². The molecular formula is C18H16ClF2N7. The van der Waals surface area contributed by atoms with Gasteiger partial charge in [-0.05, 0) is 18.2 Å². The van der Waals surface area contributed by atoms with Crippen LogP contribution in [0.1, 0.15) is 0 Å². The van der Waals surface area contributed by atoms with Crippen LogP contribution >= 0.6 is 11.6 Å². The monoisotopic (exact) mass is 403 g/mol. The second-order valence-electron chi connectivity index (χ2n) is 6.33. The van der Waals surface area contributed by atoms with Crippen molar-refractivity contribution in [2.45, 2.75) is 6.43 Å². The maximum Gasteiger partial charge on any atom is 0.295 e. The average Bonchev–Trinajstić information content (AvgIpc) is 3.11. The number of alkyl halides is 2. The minimum atomic E-state index is -2.90. The third kappa shape index (κ3) is 3.29. The Kier molecular flexibility index (Phi) is 4.68. The number of H-pyrrole nitrogens is 1. The molecule has 0 saturated carbocycles. The molecule has 0 spiro atoms. The quantitative estimate of drug-likeness (QED) is 0.459. The van der Waals surface area contributed by atoms with E-state index in [4.69, 9.17) is 22.4 Å². The van der Waals surface area contributed by atoms with E-state index in [1.54, 1.807) is 11.0 Å². The number of halogens is 3. The molecule has 3 aromatic rings. The summed E-state index contributed by atoms with van der Waals surface area (Å²) in [4.78, 5) is 14.9. The van der Waals surface area contributed by atoms with E-state index in [0.717, 1.165) is 15.9 Å². The second-order valence-corrected chi connectivity index (χ2v) is 6.74. The number of amidine groups is 2. The van der Waals surface area contributed by atoms with Gasteiger partial charge in [-0.25, -0.2) is 18.7 Å². The predicted molar refractivity (Wildman–Crippen MR) is 105 cm³/mol. The van der Waals surface area contributed by atoms with Crippen LogP contribution < -0.4 is 4.90 Å². The summed E-state index contributed by atoms with van der Waals surface area (Å²) in [5, 5.41) is 15.9. The smallest absolute Gasteiger partial charge is 0.295 e. The molecule has 144 valence electrons. The van der Waals surface area contributed by atoms with E-state index in [-0.39, 0.29) is 18.9 Å². The van der Waals surface area contributed by atoms with Crippen molar-refractivity contribution in [3.63, 3.8) is 0 Å². The molecule has 10 heteroatoms. The number of fused-ring (bicyclic) bond motifs is 1. The zero-order valence-electron chi connectivity index (χ0n) is 14.6. The summed E-state index contributed by atoms with van der Waals surface area (Å²) < 4.78 is 25.5. The first-order chi connectivity index (χ1) is 13.4. The van der Waals surface area contributed by atoms with E-state index in [0.29, 0.717) is 28.8 Å². The van der Waals surface area contributed by atoms with Crippen LogP contribution in [-0.2, 0) is 0 Å². The number of hydrogen-bond donors (Lipinski definition) is 3. The molecule has 3 heterocycles. The molecule has 0 radical (unpaired) electrons. The average molecular weight is 404 g/mol. The van der Waals surface area contributed by atoms with Crippen molar-refractivity contribution in [3.8, 4) is 11.4 Å². The van der Waals surface area contributed by atoms with Gasteiger partial charge in [0.05, 0.1) is 22.6 Å². The number of nitrogens with one attached hydrogen (secondary N) is 3. The highest BCUT2D eigenvalue weighted by molar-refractivity contribution is 6.33. The minimum Gasteiger partial charge on any atom is -0.347 e. The van der Waals surface area contributed by atoms with Crippen LogP contribution in [0.25, 0.3) is 22.4 Å². The molecule has 0 aliphatic carbocycles. The van der Waals surface area contributed by atoms with Crippen molar-refractivity contribution < 1.29 is 8.78 Å². The molecule has 3 N–H and O–H groups in total. The zero-order valence-corrected chi connectivity index (χ0v) is 15.3. The topological polar surface area (TPSA) is 95.8 Å². The third-order valence-electron chi connectivity index (χ3n) is 4.57. The van der Waals surface area contributed by atoms with E-state index in [9.17, 15) is 8.78 Å². The molecule has 1 aliphatic rings. The minimum absolute atomic E-state index is 0.0708. The molecule has 1 aliphatic heterocycles. The van der Waals surface area contributed by atoms with Gasteiger partial charge in [0.1, 0.15) is 17.5 Å². The van der Waals surface area contributed by atoms with Crippen molar-refractivity contribution >= 4 is 40.1 Å². The number of rotatable bonds is 3. The number of anilines is 1. The molecule has 1 aromatic carbocycles. The number of nitrogens with zero attached hydrogens (tertiary/aromatic N) is 4. The van der Waals surface area contributed by atoms with E-state index in [2.05, 4.69) is 15.0 Å². The Balaban J connectivity index is 1.61. The first kappa shape index (κ1) is 18.3. The highest BCUT2D eigenvalue weighted by atomic mass is 35.5. The lowest BCUT2D eigenvalue weighted by Crippen LogP contribution is -2.53. The molecule has 2 aromatic heterocycles. The largest absolute Gasteiger partial charge is 0.347 e. The highest BCUT2D eigenvalue weighted by Crippen LogP contribution is 2.30. The number of aromatic nitrogens is 3. The van der Waals surface area contributed by atoms with Gasteiger partial charge in [-0.2, -0.15) is 0 Å². The van der Waals surface area contributed by atoms with Gasteiger partial charge in [-0.15, -0.1) is 0 Å². The summed E-state index contributed by atoms with van der Waals surface area (Å²) in [7, 11) is 0. The Morgan fingerprint density at radius 3 is 2.75 bits per heavy atom. The van der Waals surface area contributed by atoms with Crippen LogP contribution in [0.3, 0.4) is 0 Å². The molecule has 4 rings (SSSR count). The van der Waals surface area contributed by atoms with Gasteiger partial charge < -0.3 is 14.8 Å². The Morgan fingerprint density at radius 1 is 1.25 bits per heavy atom. The fourth-order valence-corrected chi connectivity index (χ4v) is 3.34. The number of pyridine rings is 1. The molecule has 0 unspecified atom stereocenters. The van der Waals surface area contributed by atoms with Gasteiger partial charge in [0.25, 0.3) is 6.43 Å². The molecule has 0 bridgehead atoms. The molecule has 28 heavy (non-hydrogen) atoms. The normalized spacial score (nSPS) is 14.9. The van der Waals surface area contributed by atoms with Crippen molar-refractivity contribution in [2.75, 3.05) is 24.5 Å². The summed E-state index contributed by atoms with van der Waals surface area (Å²) in [5.74, 6) is 0.242. The van der Waals surface area contributed by atoms with Gasteiger partial charge in [-0.3, -0.25) is 10.8 Å². The van der Waals surface area contributed by atoms with Gasteiger partial charge in [0.2, 0.25) is 0 Å². The molecule has 0 amide bonds. The molecule has 1 saturated heterocycles. The van der Waals surface area contributed by atoms with Gasteiger partial charge in [0, 0.05) is 24.8 Å². The lowest BCUT2D eigenvalue weighted by Gasteiger charge is -2.36. The maximum absolute atomic E-state index is 12.8. The van der Waals surface area contributed by atoms with Gasteiger partial charge >= 0.3 is 0 Å². The summed E-state index contributed by atoms with van der Waals surface area (Å²) in [6.45, 7) is 0.543. The predicted octanol–water partition coefficient (Wildman–Crippen LogP) is 3.62. The van der Waals surface area contributed by atoms with Crippen LogP contribution in [0.2, 0.25) is 5.02 Å². The Labute approximate surface area is 164 Å². The third-order valence-corrected chi connectivity index (χ3v) is 4.87. The van der Waals surface area contributed by atoms with Crippen molar-refractivity contribution in [1.82, 2.24) is 19.9 Å². The summed E-state index contributed by atoms with van der Waals surface area (Å²) >= 11 is 6.32. The maximum atomic E-state index is 12.8. The fourth-order valence-electron chi connectivity index (χ4n) is 3.14. The van der Waals surface area contributed by atoms with Crippen LogP contribution in [0, 0.1) is 10.8 Å². The number of para-hydroxylation sites is 2. The van der Waals surface area contributed by atoms with Crippen molar-refractivity contribution in [1.29, 1.82) is 10.8 Å². The summed E-state index contributed by atoms with van der Waals surface area (Å²) in [6.07, 6.45) is -1.39. The van der Waals surface area contributed by atoms with E-state index < -0.39 is 12.3 Å². The van der Waals surface area contributed by atoms with Crippen LogP contribution in [0.5, 0.6) is 0 Å². The summed E-state index contributed by atoms with van der Waals surface area (Å²) in [6, 6.07) is 9.38. The van der Waals surface area contributed by atoms with Crippen LogP contribution in [0.15, 0.2) is 36.5 Å². The Bertz CT molecular complexity index is 1030. The number of aromatic amines is 1. The first-order valence-electron chi connectivity index (χ1n) is 8.51. The van der Waals surface area contributed by atoms with E-state index in [1.165, 1.54) is 6.20 Å². The van der Waals surface area contributed by atoms with E-state index >= 15 is 0 Å². The number of imidazole rings is 1. The Morgan fingerprint density at radius 2 is 2.04 bits per heavy atom. The molecule has 1 fully saturated rings. The zero-order chi connectivity index (χ0) is 19.8. The van der Waals surface area contributed by atoms with Crippen molar-refractivity contribution in [3.05, 3.63) is 41.6 Å². The second kappa shape index (κ2) is 7.16. The van der Waals surface area contributed by atoms with Crippen LogP contribution in [-0.4, -0.2) is 57.6 Å². The van der Waals surface area contributed by atoms with Crippen LogP contribution in [0.4, 0.5) is 14.6 Å². The fraction of sp³-hybridized carbons (Fsp3) is 0.222.